The molecule has 0 radical (unpaired) electrons. The van der Waals surface area contributed by atoms with Gasteiger partial charge in [-0.15, -0.1) is 0 Å². The molecule has 3 rings (SSSR count). The first-order valence-electron chi connectivity index (χ1n) is 6.74. The topological polar surface area (TPSA) is 41.2 Å². The van der Waals surface area contributed by atoms with Gasteiger partial charge in [0.05, 0.1) is 12.8 Å². The van der Waals surface area contributed by atoms with Crippen LogP contribution < -0.4 is 4.74 Å². The number of methoxy groups -OCH3 is 1. The summed E-state index contributed by atoms with van der Waals surface area (Å²) >= 11 is 0. The van der Waals surface area contributed by atoms with Crippen LogP contribution in [0.4, 0.5) is 0 Å². The summed E-state index contributed by atoms with van der Waals surface area (Å²) in [5.74, 6) is 0.878. The molecule has 0 atom stereocenters. The Morgan fingerprint density at radius 1 is 1.32 bits per heavy atom. The van der Waals surface area contributed by atoms with E-state index in [1.807, 2.05) is 12.1 Å². The first-order chi connectivity index (χ1) is 9.31. The van der Waals surface area contributed by atoms with Crippen LogP contribution in [-0.2, 0) is 13.0 Å². The van der Waals surface area contributed by atoms with Crippen molar-refractivity contribution in [1.82, 2.24) is 15.1 Å². The highest BCUT2D eigenvalue weighted by molar-refractivity contribution is 5.65. The molecule has 0 saturated heterocycles. The fraction of sp³-hybridized carbons (Fsp3) is 0.400. The van der Waals surface area contributed by atoms with Crippen LogP contribution in [0, 0.1) is 0 Å². The van der Waals surface area contributed by atoms with E-state index in [-0.39, 0.29) is 0 Å². The molecule has 1 aliphatic rings. The second-order valence-electron chi connectivity index (χ2n) is 4.88. The number of nitrogens with one attached hydrogen (secondary N) is 1. The normalized spacial score (nSPS) is 15.3. The molecule has 1 aromatic carbocycles. The Morgan fingerprint density at radius 2 is 2.11 bits per heavy atom. The first-order valence-corrected chi connectivity index (χ1v) is 6.74. The van der Waals surface area contributed by atoms with Gasteiger partial charge in [0.2, 0.25) is 0 Å². The van der Waals surface area contributed by atoms with E-state index in [1.165, 1.54) is 11.3 Å². The standard InChI is InChI=1S/C15H19N3O/c1-3-18-9-8-14-13(10-18)15(17-16-14)11-4-6-12(19-2)7-5-11/h4-7H,3,8-10H2,1-2H3,(H,16,17). The van der Waals surface area contributed by atoms with E-state index < -0.39 is 0 Å². The predicted octanol–water partition coefficient (Wildman–Crippen LogP) is 2.46. The number of benzene rings is 1. The largest absolute Gasteiger partial charge is 0.497 e. The zero-order valence-corrected chi connectivity index (χ0v) is 11.4. The van der Waals surface area contributed by atoms with Crippen molar-refractivity contribution in [3.63, 3.8) is 0 Å². The number of fused-ring (bicyclic) bond motifs is 1. The summed E-state index contributed by atoms with van der Waals surface area (Å²) in [6, 6.07) is 8.11. The molecule has 0 saturated carbocycles. The van der Waals surface area contributed by atoms with Gasteiger partial charge >= 0.3 is 0 Å². The Labute approximate surface area is 113 Å². The van der Waals surface area contributed by atoms with E-state index in [0.717, 1.165) is 43.1 Å². The summed E-state index contributed by atoms with van der Waals surface area (Å²) in [6.07, 6.45) is 1.06. The monoisotopic (exact) mass is 257 g/mol. The molecule has 0 amide bonds. The molecule has 0 unspecified atom stereocenters. The molecule has 19 heavy (non-hydrogen) atoms. The van der Waals surface area contributed by atoms with Crippen molar-refractivity contribution in [3.8, 4) is 17.0 Å². The predicted molar refractivity (Wildman–Crippen MR) is 75.2 cm³/mol. The van der Waals surface area contributed by atoms with Gasteiger partial charge in [-0.2, -0.15) is 5.10 Å². The third-order valence-electron chi connectivity index (χ3n) is 3.82. The summed E-state index contributed by atoms with van der Waals surface area (Å²) in [6.45, 7) is 5.41. The van der Waals surface area contributed by atoms with Crippen LogP contribution >= 0.6 is 0 Å². The number of aromatic amines is 1. The fourth-order valence-electron chi connectivity index (χ4n) is 2.61. The van der Waals surface area contributed by atoms with Gasteiger partial charge in [0.15, 0.2) is 0 Å². The van der Waals surface area contributed by atoms with Crippen molar-refractivity contribution in [1.29, 1.82) is 0 Å². The van der Waals surface area contributed by atoms with Gasteiger partial charge in [-0.3, -0.25) is 10.00 Å². The molecule has 0 fully saturated rings. The Morgan fingerprint density at radius 3 is 2.79 bits per heavy atom. The Balaban J connectivity index is 1.95. The van der Waals surface area contributed by atoms with E-state index in [1.54, 1.807) is 7.11 Å². The second kappa shape index (κ2) is 5.05. The average Bonchev–Trinajstić information content (AvgIpc) is 2.90. The minimum atomic E-state index is 0.878. The number of likely N-dealkylation sites (N-methyl/N-ethyl adjacent to an activating group) is 1. The van der Waals surface area contributed by atoms with Gasteiger partial charge in [0, 0.05) is 36.3 Å². The number of H-pyrrole nitrogens is 1. The highest BCUT2D eigenvalue weighted by Gasteiger charge is 2.21. The maximum Gasteiger partial charge on any atom is 0.118 e. The highest BCUT2D eigenvalue weighted by atomic mass is 16.5. The van der Waals surface area contributed by atoms with Gasteiger partial charge in [-0.1, -0.05) is 6.92 Å². The smallest absolute Gasteiger partial charge is 0.118 e. The summed E-state index contributed by atoms with van der Waals surface area (Å²) < 4.78 is 5.20. The first kappa shape index (κ1) is 12.2. The molecule has 1 aromatic heterocycles. The molecular formula is C15H19N3O. The van der Waals surface area contributed by atoms with Crippen molar-refractivity contribution in [2.45, 2.75) is 19.9 Å². The lowest BCUT2D eigenvalue weighted by Gasteiger charge is -2.25. The molecule has 0 bridgehead atoms. The Kier molecular flexibility index (Phi) is 3.25. The van der Waals surface area contributed by atoms with Crippen molar-refractivity contribution in [2.24, 2.45) is 0 Å². The van der Waals surface area contributed by atoms with Crippen LogP contribution in [0.15, 0.2) is 24.3 Å². The quantitative estimate of drug-likeness (QED) is 0.918. The van der Waals surface area contributed by atoms with Crippen molar-refractivity contribution in [3.05, 3.63) is 35.5 Å². The van der Waals surface area contributed by atoms with E-state index in [2.05, 4.69) is 34.2 Å². The van der Waals surface area contributed by atoms with Crippen LogP contribution in [0.25, 0.3) is 11.3 Å². The Bertz CT molecular complexity index is 559. The fourth-order valence-corrected chi connectivity index (χ4v) is 2.61. The maximum absolute atomic E-state index is 5.20. The minimum Gasteiger partial charge on any atom is -0.497 e. The number of ether oxygens (including phenoxy) is 1. The minimum absolute atomic E-state index is 0.878. The molecule has 1 N–H and O–H groups in total. The molecule has 0 spiro atoms. The van der Waals surface area contributed by atoms with Crippen LogP contribution in [0.5, 0.6) is 5.75 Å². The number of hydrogen-bond donors (Lipinski definition) is 1. The highest BCUT2D eigenvalue weighted by Crippen LogP contribution is 2.29. The van der Waals surface area contributed by atoms with Gasteiger partial charge in [-0.05, 0) is 30.8 Å². The van der Waals surface area contributed by atoms with Gasteiger partial charge in [0.1, 0.15) is 5.75 Å². The molecular weight excluding hydrogens is 238 g/mol. The van der Waals surface area contributed by atoms with Crippen LogP contribution in [0.1, 0.15) is 18.2 Å². The summed E-state index contributed by atoms with van der Waals surface area (Å²) in [5.41, 5.74) is 4.86. The van der Waals surface area contributed by atoms with Crippen molar-refractivity contribution in [2.75, 3.05) is 20.2 Å². The molecule has 1 aliphatic heterocycles. The van der Waals surface area contributed by atoms with E-state index in [0.29, 0.717) is 0 Å². The average molecular weight is 257 g/mol. The molecule has 2 aromatic rings. The SMILES string of the molecule is CCN1CCc2[nH]nc(-c3ccc(OC)cc3)c2C1. The molecule has 4 heteroatoms. The van der Waals surface area contributed by atoms with Gasteiger partial charge < -0.3 is 4.74 Å². The number of rotatable bonds is 3. The molecule has 4 nitrogen and oxygen atoms in total. The summed E-state index contributed by atoms with van der Waals surface area (Å²) in [7, 11) is 1.69. The Hall–Kier alpha value is -1.81. The van der Waals surface area contributed by atoms with Crippen LogP contribution in [0.3, 0.4) is 0 Å². The number of nitrogens with zero attached hydrogens (tertiary/aromatic N) is 2. The third-order valence-corrected chi connectivity index (χ3v) is 3.82. The lowest BCUT2D eigenvalue weighted by atomic mass is 10.0. The van der Waals surface area contributed by atoms with Crippen molar-refractivity contribution < 1.29 is 4.74 Å². The van der Waals surface area contributed by atoms with Crippen LogP contribution in [0.2, 0.25) is 0 Å². The second-order valence-corrected chi connectivity index (χ2v) is 4.88. The van der Waals surface area contributed by atoms with Gasteiger partial charge in [-0.25, -0.2) is 0 Å². The summed E-state index contributed by atoms with van der Waals surface area (Å²) in [4.78, 5) is 2.45. The number of aromatic nitrogens is 2. The van der Waals surface area contributed by atoms with Gasteiger partial charge in [0.25, 0.3) is 0 Å². The van der Waals surface area contributed by atoms with Crippen molar-refractivity contribution >= 4 is 0 Å². The van der Waals surface area contributed by atoms with Crippen LogP contribution in [-0.4, -0.2) is 35.3 Å². The maximum atomic E-state index is 5.20. The lowest BCUT2D eigenvalue weighted by Crippen LogP contribution is -2.30. The molecule has 100 valence electrons. The zero-order valence-electron chi connectivity index (χ0n) is 11.4. The number of hydrogen-bond acceptors (Lipinski definition) is 3. The molecule has 2 heterocycles. The lowest BCUT2D eigenvalue weighted by molar-refractivity contribution is 0.267. The van der Waals surface area contributed by atoms with E-state index >= 15 is 0 Å². The van der Waals surface area contributed by atoms with E-state index in [9.17, 15) is 0 Å². The van der Waals surface area contributed by atoms with E-state index in [4.69, 9.17) is 4.74 Å². The molecule has 0 aliphatic carbocycles. The third kappa shape index (κ3) is 2.24. The zero-order chi connectivity index (χ0) is 13.2. The summed E-state index contributed by atoms with van der Waals surface area (Å²) in [5, 5.41) is 7.69.